The van der Waals surface area contributed by atoms with Crippen molar-refractivity contribution in [3.63, 3.8) is 0 Å². The van der Waals surface area contributed by atoms with Crippen LogP contribution in [0.5, 0.6) is 0 Å². The van der Waals surface area contributed by atoms with E-state index in [9.17, 15) is 9.59 Å². The summed E-state index contributed by atoms with van der Waals surface area (Å²) < 4.78 is 0. The SMILES string of the molecule is CCCN(CCC)C(=O)C1CC(=O)N(c2ccc(CC)cc2)C1. The van der Waals surface area contributed by atoms with Gasteiger partial charge in [-0.25, -0.2) is 0 Å². The van der Waals surface area contributed by atoms with Gasteiger partial charge in [-0.1, -0.05) is 32.9 Å². The summed E-state index contributed by atoms with van der Waals surface area (Å²) in [7, 11) is 0. The van der Waals surface area contributed by atoms with Gasteiger partial charge in [-0.2, -0.15) is 0 Å². The second-order valence-corrected chi connectivity index (χ2v) is 6.25. The van der Waals surface area contributed by atoms with Crippen LogP contribution in [0.3, 0.4) is 0 Å². The molecule has 4 heteroatoms. The molecule has 0 bridgehead atoms. The molecule has 0 aliphatic carbocycles. The van der Waals surface area contributed by atoms with Crippen molar-refractivity contribution in [2.75, 3.05) is 24.5 Å². The summed E-state index contributed by atoms with van der Waals surface area (Å²) in [5, 5.41) is 0. The summed E-state index contributed by atoms with van der Waals surface area (Å²) >= 11 is 0. The standard InChI is InChI=1S/C19H28N2O2/c1-4-11-20(12-5-2)19(23)16-13-18(22)21(14-16)17-9-7-15(6-3)8-10-17/h7-10,16H,4-6,11-14H2,1-3H3. The second-order valence-electron chi connectivity index (χ2n) is 6.25. The molecule has 1 aromatic carbocycles. The molecule has 0 radical (unpaired) electrons. The van der Waals surface area contributed by atoms with Crippen molar-refractivity contribution >= 4 is 17.5 Å². The third-order valence-corrected chi connectivity index (χ3v) is 4.43. The summed E-state index contributed by atoms with van der Waals surface area (Å²) in [4.78, 5) is 28.7. The minimum absolute atomic E-state index is 0.0561. The highest BCUT2D eigenvalue weighted by atomic mass is 16.2. The van der Waals surface area contributed by atoms with E-state index in [1.54, 1.807) is 4.90 Å². The molecule has 1 atom stereocenters. The Kier molecular flexibility index (Phi) is 6.20. The molecule has 2 amide bonds. The van der Waals surface area contributed by atoms with Crippen molar-refractivity contribution in [3.8, 4) is 0 Å². The first-order valence-electron chi connectivity index (χ1n) is 8.78. The highest BCUT2D eigenvalue weighted by Crippen LogP contribution is 2.27. The molecule has 4 nitrogen and oxygen atoms in total. The molecule has 1 aliphatic heterocycles. The maximum atomic E-state index is 12.7. The number of nitrogens with zero attached hydrogens (tertiary/aromatic N) is 2. The number of carbonyl (C=O) groups excluding carboxylic acids is 2. The first-order valence-corrected chi connectivity index (χ1v) is 8.78. The summed E-state index contributed by atoms with van der Waals surface area (Å²) in [5.74, 6) is -0.0123. The van der Waals surface area contributed by atoms with E-state index in [0.29, 0.717) is 13.0 Å². The number of rotatable bonds is 7. The fourth-order valence-corrected chi connectivity index (χ4v) is 3.16. The molecule has 1 fully saturated rings. The van der Waals surface area contributed by atoms with Crippen LogP contribution in [0.4, 0.5) is 5.69 Å². The molecule has 1 heterocycles. The molecule has 0 spiro atoms. The molecule has 0 aromatic heterocycles. The number of amides is 2. The zero-order chi connectivity index (χ0) is 16.8. The predicted molar refractivity (Wildman–Crippen MR) is 93.4 cm³/mol. The molecule has 1 aromatic rings. The van der Waals surface area contributed by atoms with Crippen molar-refractivity contribution in [1.29, 1.82) is 0 Å². The number of carbonyl (C=O) groups is 2. The summed E-state index contributed by atoms with van der Waals surface area (Å²) in [6, 6.07) is 8.08. The van der Waals surface area contributed by atoms with Gasteiger partial charge in [0.2, 0.25) is 11.8 Å². The number of hydrogen-bond donors (Lipinski definition) is 0. The predicted octanol–water partition coefficient (Wildman–Crippen LogP) is 3.25. The fourth-order valence-electron chi connectivity index (χ4n) is 3.16. The van der Waals surface area contributed by atoms with Crippen LogP contribution in [0.1, 0.15) is 45.6 Å². The van der Waals surface area contributed by atoms with E-state index in [0.717, 1.165) is 38.0 Å². The third-order valence-electron chi connectivity index (χ3n) is 4.43. The quantitative estimate of drug-likeness (QED) is 0.775. The third kappa shape index (κ3) is 4.12. The van der Waals surface area contributed by atoms with Gasteiger partial charge in [0.1, 0.15) is 0 Å². The molecule has 1 unspecified atom stereocenters. The molecule has 1 aliphatic rings. The van der Waals surface area contributed by atoms with Gasteiger partial charge < -0.3 is 9.80 Å². The Morgan fingerprint density at radius 1 is 1.13 bits per heavy atom. The van der Waals surface area contributed by atoms with Crippen molar-refractivity contribution in [2.45, 2.75) is 46.5 Å². The molecular weight excluding hydrogens is 288 g/mol. The van der Waals surface area contributed by atoms with Gasteiger partial charge in [0.15, 0.2) is 0 Å². The van der Waals surface area contributed by atoms with E-state index in [-0.39, 0.29) is 17.7 Å². The van der Waals surface area contributed by atoms with Crippen LogP contribution in [-0.4, -0.2) is 36.3 Å². The molecule has 1 saturated heterocycles. The zero-order valence-corrected chi connectivity index (χ0v) is 14.5. The minimum Gasteiger partial charge on any atom is -0.342 e. The maximum absolute atomic E-state index is 12.7. The smallest absolute Gasteiger partial charge is 0.228 e. The second kappa shape index (κ2) is 8.14. The van der Waals surface area contributed by atoms with Crippen LogP contribution in [0, 0.1) is 5.92 Å². The zero-order valence-electron chi connectivity index (χ0n) is 14.5. The number of aryl methyl sites for hydroxylation is 1. The maximum Gasteiger partial charge on any atom is 0.228 e. The number of anilines is 1. The van der Waals surface area contributed by atoms with Gasteiger partial charge in [0.25, 0.3) is 0 Å². The Morgan fingerprint density at radius 2 is 1.74 bits per heavy atom. The largest absolute Gasteiger partial charge is 0.342 e. The Morgan fingerprint density at radius 3 is 2.26 bits per heavy atom. The minimum atomic E-state index is -0.202. The lowest BCUT2D eigenvalue weighted by molar-refractivity contribution is -0.135. The molecule has 23 heavy (non-hydrogen) atoms. The van der Waals surface area contributed by atoms with Crippen molar-refractivity contribution < 1.29 is 9.59 Å². The van der Waals surface area contributed by atoms with Gasteiger partial charge in [0.05, 0.1) is 5.92 Å². The van der Waals surface area contributed by atoms with Crippen LogP contribution < -0.4 is 4.90 Å². The molecular formula is C19H28N2O2. The van der Waals surface area contributed by atoms with Crippen molar-refractivity contribution in [3.05, 3.63) is 29.8 Å². The van der Waals surface area contributed by atoms with Gasteiger partial charge in [0, 0.05) is 31.7 Å². The van der Waals surface area contributed by atoms with E-state index in [2.05, 4.69) is 32.9 Å². The fraction of sp³-hybridized carbons (Fsp3) is 0.579. The summed E-state index contributed by atoms with van der Waals surface area (Å²) in [5.41, 5.74) is 2.16. The highest BCUT2D eigenvalue weighted by molar-refractivity contribution is 6.00. The normalized spacial score (nSPS) is 17.6. The lowest BCUT2D eigenvalue weighted by Crippen LogP contribution is -2.38. The van der Waals surface area contributed by atoms with E-state index in [1.807, 2.05) is 17.0 Å². The average Bonchev–Trinajstić information content (AvgIpc) is 2.96. The van der Waals surface area contributed by atoms with E-state index < -0.39 is 0 Å². The molecule has 0 N–H and O–H groups in total. The van der Waals surface area contributed by atoms with E-state index >= 15 is 0 Å². The van der Waals surface area contributed by atoms with Crippen LogP contribution in [-0.2, 0) is 16.0 Å². The monoisotopic (exact) mass is 316 g/mol. The first-order chi connectivity index (χ1) is 11.1. The lowest BCUT2D eigenvalue weighted by atomic mass is 10.1. The van der Waals surface area contributed by atoms with Crippen molar-refractivity contribution in [1.82, 2.24) is 4.90 Å². The van der Waals surface area contributed by atoms with Crippen molar-refractivity contribution in [2.24, 2.45) is 5.92 Å². The van der Waals surface area contributed by atoms with E-state index in [1.165, 1.54) is 5.56 Å². The Hall–Kier alpha value is -1.84. The summed E-state index contributed by atoms with van der Waals surface area (Å²) in [6.07, 6.45) is 3.22. The van der Waals surface area contributed by atoms with Crippen LogP contribution in [0.15, 0.2) is 24.3 Å². The highest BCUT2D eigenvalue weighted by Gasteiger charge is 2.36. The van der Waals surface area contributed by atoms with Gasteiger partial charge in [-0.3, -0.25) is 9.59 Å². The Bertz CT molecular complexity index is 533. The topological polar surface area (TPSA) is 40.6 Å². The van der Waals surface area contributed by atoms with Crippen LogP contribution >= 0.6 is 0 Å². The van der Waals surface area contributed by atoms with Gasteiger partial charge >= 0.3 is 0 Å². The van der Waals surface area contributed by atoms with Gasteiger partial charge in [-0.05, 0) is 37.0 Å². The Balaban J connectivity index is 2.07. The number of benzene rings is 1. The van der Waals surface area contributed by atoms with Crippen LogP contribution in [0.25, 0.3) is 0 Å². The van der Waals surface area contributed by atoms with Crippen LogP contribution in [0.2, 0.25) is 0 Å². The number of hydrogen-bond acceptors (Lipinski definition) is 2. The molecule has 0 saturated carbocycles. The molecule has 2 rings (SSSR count). The summed E-state index contributed by atoms with van der Waals surface area (Å²) in [6.45, 7) is 8.34. The lowest BCUT2D eigenvalue weighted by Gasteiger charge is -2.24. The van der Waals surface area contributed by atoms with Gasteiger partial charge in [-0.15, -0.1) is 0 Å². The Labute approximate surface area is 139 Å². The first kappa shape index (κ1) is 17.5. The molecule has 126 valence electrons. The van der Waals surface area contributed by atoms with E-state index in [4.69, 9.17) is 0 Å². The average molecular weight is 316 g/mol.